The molecule has 1 heterocycles. The van der Waals surface area contributed by atoms with E-state index in [1.165, 1.54) is 16.8 Å². The van der Waals surface area contributed by atoms with Crippen molar-refractivity contribution in [2.75, 3.05) is 0 Å². The average Bonchev–Trinajstić information content (AvgIpc) is 2.83. The van der Waals surface area contributed by atoms with Crippen molar-refractivity contribution in [2.24, 2.45) is 11.8 Å². The van der Waals surface area contributed by atoms with Crippen LogP contribution in [0.2, 0.25) is 0 Å². The zero-order valence-electron chi connectivity index (χ0n) is 16.1. The molecule has 1 aromatic heterocycles. The Bertz CT molecular complexity index is 503. The SMILES string of the molecule is CC.CC.CC(C)C.CC1CCC(n2ccc(=O)[nH]c2=O)C1O. The number of nitrogens with zero attached hydrogens (tertiary/aromatic N) is 1. The lowest BCUT2D eigenvalue weighted by Crippen LogP contribution is -2.35. The maximum atomic E-state index is 11.5. The van der Waals surface area contributed by atoms with Crippen LogP contribution >= 0.6 is 0 Å². The molecule has 3 unspecified atom stereocenters. The van der Waals surface area contributed by atoms with Crippen molar-refractivity contribution in [3.8, 4) is 0 Å². The van der Waals surface area contributed by atoms with Crippen LogP contribution in [-0.2, 0) is 0 Å². The van der Waals surface area contributed by atoms with E-state index in [1.807, 2.05) is 34.6 Å². The summed E-state index contributed by atoms with van der Waals surface area (Å²) in [6, 6.07) is 1.10. The van der Waals surface area contributed by atoms with E-state index in [2.05, 4.69) is 25.8 Å². The summed E-state index contributed by atoms with van der Waals surface area (Å²) in [5.41, 5.74) is -0.850. The van der Waals surface area contributed by atoms with Crippen LogP contribution in [0, 0.1) is 11.8 Å². The van der Waals surface area contributed by atoms with Crippen molar-refractivity contribution >= 4 is 0 Å². The first-order valence-electron chi connectivity index (χ1n) is 8.82. The number of rotatable bonds is 1. The van der Waals surface area contributed by atoms with E-state index in [1.54, 1.807) is 0 Å². The average molecular weight is 328 g/mol. The summed E-state index contributed by atoms with van der Waals surface area (Å²) in [6.07, 6.45) is 2.62. The number of aromatic amines is 1. The van der Waals surface area contributed by atoms with Gasteiger partial charge in [-0.3, -0.25) is 14.3 Å². The first-order valence-corrected chi connectivity index (χ1v) is 8.82. The molecule has 5 nitrogen and oxygen atoms in total. The van der Waals surface area contributed by atoms with E-state index in [-0.39, 0.29) is 12.0 Å². The number of aliphatic hydroxyl groups excluding tert-OH is 1. The highest BCUT2D eigenvalue weighted by Gasteiger charge is 2.33. The Morgan fingerprint density at radius 2 is 1.61 bits per heavy atom. The van der Waals surface area contributed by atoms with Gasteiger partial charge in [-0.1, -0.05) is 55.4 Å². The lowest BCUT2D eigenvalue weighted by molar-refractivity contribution is 0.0996. The van der Waals surface area contributed by atoms with Gasteiger partial charge in [0.2, 0.25) is 0 Å². The van der Waals surface area contributed by atoms with Crippen molar-refractivity contribution in [2.45, 2.75) is 80.4 Å². The maximum Gasteiger partial charge on any atom is 0.328 e. The largest absolute Gasteiger partial charge is 0.391 e. The van der Waals surface area contributed by atoms with E-state index in [0.29, 0.717) is 0 Å². The van der Waals surface area contributed by atoms with Crippen molar-refractivity contribution in [1.29, 1.82) is 0 Å². The third-order valence-corrected chi connectivity index (χ3v) is 3.10. The third kappa shape index (κ3) is 8.74. The zero-order valence-corrected chi connectivity index (χ0v) is 16.1. The van der Waals surface area contributed by atoms with Crippen LogP contribution < -0.4 is 11.2 Å². The van der Waals surface area contributed by atoms with Gasteiger partial charge in [0, 0.05) is 12.3 Å². The molecule has 0 amide bonds. The van der Waals surface area contributed by atoms with E-state index >= 15 is 0 Å². The van der Waals surface area contributed by atoms with E-state index in [9.17, 15) is 14.7 Å². The Labute approximate surface area is 140 Å². The van der Waals surface area contributed by atoms with Crippen LogP contribution in [0.3, 0.4) is 0 Å². The van der Waals surface area contributed by atoms with Gasteiger partial charge < -0.3 is 5.11 Å². The highest BCUT2D eigenvalue weighted by Crippen LogP contribution is 2.33. The molecule has 1 saturated carbocycles. The van der Waals surface area contributed by atoms with E-state index in [0.717, 1.165) is 18.8 Å². The predicted molar refractivity (Wildman–Crippen MR) is 98.0 cm³/mol. The molecular formula is C18H36N2O3. The summed E-state index contributed by atoms with van der Waals surface area (Å²) in [4.78, 5) is 24.5. The molecule has 2 N–H and O–H groups in total. The summed E-state index contributed by atoms with van der Waals surface area (Å²) in [5, 5.41) is 9.85. The molecule has 0 spiro atoms. The topological polar surface area (TPSA) is 75.1 Å². The second kappa shape index (κ2) is 13.1. The molecule has 0 radical (unpaired) electrons. The van der Waals surface area contributed by atoms with Crippen molar-refractivity contribution in [3.05, 3.63) is 33.1 Å². The maximum absolute atomic E-state index is 11.5. The van der Waals surface area contributed by atoms with Gasteiger partial charge in [0.05, 0.1) is 12.1 Å². The number of aliphatic hydroxyl groups is 1. The third-order valence-electron chi connectivity index (χ3n) is 3.10. The molecule has 1 aromatic rings. The standard InChI is InChI=1S/C10H14N2O3.C4H10.2C2H6/c1-6-2-3-7(9(6)14)12-5-4-8(13)11-10(12)15;1-4(2)3;2*1-2/h4-7,9,14H,2-3H2,1H3,(H,11,13,15);4H,1-3H3;2*1-2H3. The van der Waals surface area contributed by atoms with Crippen molar-refractivity contribution in [3.63, 3.8) is 0 Å². The summed E-state index contributed by atoms with van der Waals surface area (Å²) in [7, 11) is 0. The molecular weight excluding hydrogens is 292 g/mol. The molecule has 0 aliphatic heterocycles. The lowest BCUT2D eigenvalue weighted by atomic mass is 10.1. The Balaban J connectivity index is 0. The fourth-order valence-corrected chi connectivity index (χ4v) is 2.15. The first kappa shape index (κ1) is 23.9. The smallest absolute Gasteiger partial charge is 0.328 e. The molecule has 0 aromatic carbocycles. The van der Waals surface area contributed by atoms with E-state index in [4.69, 9.17) is 0 Å². The Morgan fingerprint density at radius 3 is 1.96 bits per heavy atom. The van der Waals surface area contributed by atoms with Gasteiger partial charge in [0.15, 0.2) is 0 Å². The molecule has 0 saturated heterocycles. The number of nitrogens with one attached hydrogen (secondary N) is 1. The number of H-pyrrole nitrogens is 1. The molecule has 23 heavy (non-hydrogen) atoms. The Morgan fingerprint density at radius 1 is 1.13 bits per heavy atom. The number of hydrogen-bond acceptors (Lipinski definition) is 3. The van der Waals surface area contributed by atoms with Gasteiger partial charge >= 0.3 is 5.69 Å². The summed E-state index contributed by atoms with van der Waals surface area (Å²) < 4.78 is 1.41. The summed E-state index contributed by atoms with van der Waals surface area (Å²) in [6.45, 7) is 16.5. The fraction of sp³-hybridized carbons (Fsp3) is 0.778. The minimum absolute atomic E-state index is 0.203. The Kier molecular flexibility index (Phi) is 13.6. The van der Waals surface area contributed by atoms with Crippen LogP contribution in [0.5, 0.6) is 0 Å². The molecule has 5 heteroatoms. The van der Waals surface area contributed by atoms with Crippen molar-refractivity contribution < 1.29 is 5.11 Å². The predicted octanol–water partition coefficient (Wildman–Crippen LogP) is 3.58. The van der Waals surface area contributed by atoms with Crippen LogP contribution in [0.25, 0.3) is 0 Å². The van der Waals surface area contributed by atoms with Crippen molar-refractivity contribution in [1.82, 2.24) is 9.55 Å². The first-order chi connectivity index (χ1) is 10.8. The minimum atomic E-state index is -0.506. The quantitative estimate of drug-likeness (QED) is 0.827. The van der Waals surface area contributed by atoms with Gasteiger partial charge in [-0.2, -0.15) is 0 Å². The van der Waals surface area contributed by atoms with Crippen LogP contribution in [-0.4, -0.2) is 20.8 Å². The van der Waals surface area contributed by atoms with Crippen LogP contribution in [0.1, 0.15) is 74.3 Å². The second-order valence-corrected chi connectivity index (χ2v) is 5.86. The molecule has 1 fully saturated rings. The highest BCUT2D eigenvalue weighted by molar-refractivity contribution is 4.92. The number of hydrogen-bond donors (Lipinski definition) is 2. The lowest BCUT2D eigenvalue weighted by Gasteiger charge is -2.18. The van der Waals surface area contributed by atoms with Gasteiger partial charge in [0.25, 0.3) is 5.56 Å². The van der Waals surface area contributed by atoms with Gasteiger partial charge in [-0.05, 0) is 24.7 Å². The summed E-state index contributed by atoms with van der Waals surface area (Å²) in [5.74, 6) is 1.04. The minimum Gasteiger partial charge on any atom is -0.391 e. The summed E-state index contributed by atoms with van der Waals surface area (Å²) >= 11 is 0. The normalized spacial score (nSPS) is 22.1. The second-order valence-electron chi connectivity index (χ2n) is 5.86. The molecule has 1 aliphatic carbocycles. The molecule has 3 atom stereocenters. The van der Waals surface area contributed by atoms with Gasteiger partial charge in [-0.25, -0.2) is 4.79 Å². The van der Waals surface area contributed by atoms with Crippen LogP contribution in [0.15, 0.2) is 21.9 Å². The molecule has 2 rings (SSSR count). The zero-order chi connectivity index (χ0) is 18.6. The Hall–Kier alpha value is -1.36. The highest BCUT2D eigenvalue weighted by atomic mass is 16.3. The number of aromatic nitrogens is 2. The fourth-order valence-electron chi connectivity index (χ4n) is 2.15. The van der Waals surface area contributed by atoms with E-state index < -0.39 is 17.4 Å². The molecule has 136 valence electrons. The monoisotopic (exact) mass is 328 g/mol. The van der Waals surface area contributed by atoms with Crippen LogP contribution in [0.4, 0.5) is 0 Å². The van der Waals surface area contributed by atoms with Gasteiger partial charge in [-0.15, -0.1) is 0 Å². The molecule has 0 bridgehead atoms. The van der Waals surface area contributed by atoms with Gasteiger partial charge in [0.1, 0.15) is 0 Å². The molecule has 1 aliphatic rings.